The van der Waals surface area contributed by atoms with Crippen molar-refractivity contribution in [2.24, 2.45) is 0 Å². The van der Waals surface area contributed by atoms with Gasteiger partial charge in [-0.15, -0.1) is 0 Å². The van der Waals surface area contributed by atoms with Crippen LogP contribution in [0.5, 0.6) is 11.5 Å². The van der Waals surface area contributed by atoms with E-state index in [0.29, 0.717) is 17.1 Å². The third-order valence-corrected chi connectivity index (χ3v) is 5.30. The van der Waals surface area contributed by atoms with Gasteiger partial charge in [0.2, 0.25) is 0 Å². The van der Waals surface area contributed by atoms with Crippen molar-refractivity contribution in [1.29, 1.82) is 0 Å². The first-order chi connectivity index (χ1) is 16.9. The third-order valence-electron chi connectivity index (χ3n) is 5.00. The Bertz CT molecular complexity index is 1170. The number of methoxy groups -OCH3 is 2. The predicted octanol–water partition coefficient (Wildman–Crippen LogP) is 3.88. The molecule has 3 aromatic carbocycles. The number of rotatable bonds is 10. The van der Waals surface area contributed by atoms with Crippen LogP contribution in [0.1, 0.15) is 15.9 Å². The van der Waals surface area contributed by atoms with E-state index in [1.165, 1.54) is 26.4 Å². The normalized spacial score (nSPS) is 11.2. The van der Waals surface area contributed by atoms with Crippen LogP contribution in [0.15, 0.2) is 72.8 Å². The van der Waals surface area contributed by atoms with Gasteiger partial charge < -0.3 is 24.8 Å². The Morgan fingerprint density at radius 3 is 2.14 bits per heavy atom. The number of anilines is 1. The molecule has 182 valence electrons. The Morgan fingerprint density at radius 1 is 0.886 bits per heavy atom. The summed E-state index contributed by atoms with van der Waals surface area (Å²) in [6, 6.07) is 19.7. The highest BCUT2D eigenvalue weighted by atomic mass is 35.5. The molecule has 0 aliphatic heterocycles. The molecule has 0 saturated carbocycles. The number of hydrogen-bond acceptors (Lipinski definition) is 6. The van der Waals surface area contributed by atoms with Crippen molar-refractivity contribution in [3.05, 3.63) is 88.9 Å². The van der Waals surface area contributed by atoms with E-state index in [-0.39, 0.29) is 17.1 Å². The summed E-state index contributed by atoms with van der Waals surface area (Å²) in [5.41, 5.74) is 1.52. The first-order valence-corrected chi connectivity index (χ1v) is 11.1. The molecule has 0 fully saturated rings. The van der Waals surface area contributed by atoms with E-state index in [2.05, 4.69) is 10.6 Å². The fourth-order valence-electron chi connectivity index (χ4n) is 3.26. The molecule has 3 rings (SSSR count). The molecule has 0 radical (unpaired) electrons. The molecular formula is C26H25ClN2O6. The maximum absolute atomic E-state index is 12.9. The number of carbonyl (C=O) groups excluding carboxylic acids is 3. The summed E-state index contributed by atoms with van der Waals surface area (Å²) >= 11 is 6.13. The predicted molar refractivity (Wildman–Crippen MR) is 132 cm³/mol. The van der Waals surface area contributed by atoms with Crippen LogP contribution in [-0.4, -0.2) is 44.7 Å². The second kappa shape index (κ2) is 12.4. The molecule has 0 saturated heterocycles. The smallest absolute Gasteiger partial charge is 0.329 e. The van der Waals surface area contributed by atoms with Crippen LogP contribution in [0.3, 0.4) is 0 Å². The van der Waals surface area contributed by atoms with Crippen LogP contribution in [-0.2, 0) is 20.7 Å². The van der Waals surface area contributed by atoms with Crippen molar-refractivity contribution < 1.29 is 28.6 Å². The van der Waals surface area contributed by atoms with E-state index >= 15 is 0 Å². The van der Waals surface area contributed by atoms with E-state index in [1.54, 1.807) is 30.3 Å². The second-order valence-corrected chi connectivity index (χ2v) is 7.83. The fraction of sp³-hybridized carbons (Fsp3) is 0.192. The molecule has 9 heteroatoms. The SMILES string of the molecule is COc1cc(OC)c(NC(=O)COC(=O)C(Cc2ccccc2)NC(=O)c2ccccc2)cc1Cl. The molecule has 1 atom stereocenters. The first kappa shape index (κ1) is 25.6. The lowest BCUT2D eigenvalue weighted by Crippen LogP contribution is -2.44. The van der Waals surface area contributed by atoms with Crippen molar-refractivity contribution in [3.63, 3.8) is 0 Å². The first-order valence-electron chi connectivity index (χ1n) is 10.7. The number of amides is 2. The lowest BCUT2D eigenvalue weighted by Gasteiger charge is -2.18. The number of benzene rings is 3. The van der Waals surface area contributed by atoms with Gasteiger partial charge in [0.25, 0.3) is 11.8 Å². The zero-order valence-corrected chi connectivity index (χ0v) is 20.0. The molecule has 2 amide bonds. The molecule has 2 N–H and O–H groups in total. The standard InChI is InChI=1S/C26H25ClN2O6/c1-33-22-15-23(34-2)20(14-19(22)27)28-24(30)16-35-26(32)21(13-17-9-5-3-6-10-17)29-25(31)18-11-7-4-8-12-18/h3-12,14-15,21H,13,16H2,1-2H3,(H,28,30)(H,29,31). The Labute approximate surface area is 208 Å². The van der Waals surface area contributed by atoms with Gasteiger partial charge in [-0.05, 0) is 23.8 Å². The minimum atomic E-state index is -0.997. The van der Waals surface area contributed by atoms with Gasteiger partial charge >= 0.3 is 5.97 Å². The summed E-state index contributed by atoms with van der Waals surface area (Å²) in [7, 11) is 2.89. The molecule has 0 spiro atoms. The molecule has 0 heterocycles. The highest BCUT2D eigenvalue weighted by Gasteiger charge is 2.24. The molecular weight excluding hydrogens is 472 g/mol. The van der Waals surface area contributed by atoms with Crippen molar-refractivity contribution in [2.75, 3.05) is 26.1 Å². The Balaban J connectivity index is 1.67. The van der Waals surface area contributed by atoms with Gasteiger partial charge in [0, 0.05) is 18.1 Å². The zero-order valence-electron chi connectivity index (χ0n) is 19.2. The molecule has 0 aromatic heterocycles. The van der Waals surface area contributed by atoms with Gasteiger partial charge in [-0.25, -0.2) is 4.79 Å². The monoisotopic (exact) mass is 496 g/mol. The van der Waals surface area contributed by atoms with Crippen molar-refractivity contribution in [1.82, 2.24) is 5.32 Å². The summed E-state index contributed by atoms with van der Waals surface area (Å²) in [4.78, 5) is 38.0. The number of carbonyl (C=O) groups is 3. The molecule has 8 nitrogen and oxygen atoms in total. The summed E-state index contributed by atoms with van der Waals surface area (Å²) < 4.78 is 15.6. The van der Waals surface area contributed by atoms with Gasteiger partial charge in [-0.3, -0.25) is 9.59 Å². The van der Waals surface area contributed by atoms with E-state index in [0.717, 1.165) is 5.56 Å². The Hall–Kier alpha value is -4.04. The van der Waals surface area contributed by atoms with Gasteiger partial charge in [0.15, 0.2) is 6.61 Å². The zero-order chi connectivity index (χ0) is 25.2. The van der Waals surface area contributed by atoms with E-state index in [4.69, 9.17) is 25.8 Å². The van der Waals surface area contributed by atoms with Gasteiger partial charge in [-0.1, -0.05) is 60.1 Å². The molecule has 35 heavy (non-hydrogen) atoms. The van der Waals surface area contributed by atoms with Gasteiger partial charge in [-0.2, -0.15) is 0 Å². The summed E-state index contributed by atoms with van der Waals surface area (Å²) in [6.07, 6.45) is 0.196. The number of halogens is 1. The molecule has 0 aliphatic carbocycles. The van der Waals surface area contributed by atoms with Crippen molar-refractivity contribution in [2.45, 2.75) is 12.5 Å². The minimum absolute atomic E-state index is 0.196. The maximum Gasteiger partial charge on any atom is 0.329 e. The van der Waals surface area contributed by atoms with Crippen molar-refractivity contribution in [3.8, 4) is 11.5 Å². The highest BCUT2D eigenvalue weighted by molar-refractivity contribution is 6.32. The van der Waals surface area contributed by atoms with E-state index < -0.39 is 30.4 Å². The molecule has 1 unspecified atom stereocenters. The number of nitrogens with one attached hydrogen (secondary N) is 2. The summed E-state index contributed by atoms with van der Waals surface area (Å²) in [5.74, 6) is -1.07. The summed E-state index contributed by atoms with van der Waals surface area (Å²) in [5, 5.41) is 5.56. The third kappa shape index (κ3) is 7.22. The highest BCUT2D eigenvalue weighted by Crippen LogP contribution is 2.35. The molecule has 3 aromatic rings. The van der Waals surface area contributed by atoms with Crippen LogP contribution in [0.4, 0.5) is 5.69 Å². The van der Waals surface area contributed by atoms with Crippen LogP contribution >= 0.6 is 11.6 Å². The number of esters is 1. The van der Waals surface area contributed by atoms with Crippen LogP contribution in [0.2, 0.25) is 5.02 Å². The van der Waals surface area contributed by atoms with Crippen LogP contribution in [0, 0.1) is 0 Å². The average Bonchev–Trinajstić information content (AvgIpc) is 2.88. The van der Waals surface area contributed by atoms with Crippen LogP contribution in [0.25, 0.3) is 0 Å². The van der Waals surface area contributed by atoms with E-state index in [1.807, 2.05) is 30.3 Å². The Morgan fingerprint density at radius 2 is 1.51 bits per heavy atom. The molecule has 0 aliphatic rings. The van der Waals surface area contributed by atoms with Crippen LogP contribution < -0.4 is 20.1 Å². The maximum atomic E-state index is 12.9. The molecule has 0 bridgehead atoms. The Kier molecular flexibility index (Phi) is 9.09. The number of ether oxygens (including phenoxy) is 3. The fourth-order valence-corrected chi connectivity index (χ4v) is 3.50. The van der Waals surface area contributed by atoms with E-state index in [9.17, 15) is 14.4 Å². The lowest BCUT2D eigenvalue weighted by atomic mass is 10.1. The van der Waals surface area contributed by atoms with Crippen molar-refractivity contribution >= 4 is 35.1 Å². The largest absolute Gasteiger partial charge is 0.495 e. The van der Waals surface area contributed by atoms with Gasteiger partial charge in [0.1, 0.15) is 17.5 Å². The minimum Gasteiger partial charge on any atom is -0.495 e. The topological polar surface area (TPSA) is 103 Å². The average molecular weight is 497 g/mol. The quantitative estimate of drug-likeness (QED) is 0.413. The number of hydrogen-bond donors (Lipinski definition) is 2. The second-order valence-electron chi connectivity index (χ2n) is 7.42. The lowest BCUT2D eigenvalue weighted by molar-refractivity contribution is -0.149. The van der Waals surface area contributed by atoms with Gasteiger partial charge in [0.05, 0.1) is 24.9 Å². The summed E-state index contributed by atoms with van der Waals surface area (Å²) in [6.45, 7) is -0.571.